The first-order valence-electron chi connectivity index (χ1n) is 22.8. The molecule has 0 aromatic carbocycles. The van der Waals surface area contributed by atoms with E-state index in [9.17, 15) is 0 Å². The molecule has 0 N–H and O–H groups in total. The van der Waals surface area contributed by atoms with Crippen molar-refractivity contribution in [2.75, 3.05) is 0 Å². The van der Waals surface area contributed by atoms with Crippen LogP contribution >= 0.6 is 0 Å². The summed E-state index contributed by atoms with van der Waals surface area (Å²) < 4.78 is 0. The minimum atomic E-state index is 0. The van der Waals surface area contributed by atoms with Gasteiger partial charge in [-0.3, -0.25) is 0 Å². The van der Waals surface area contributed by atoms with Crippen LogP contribution in [0.4, 0.5) is 0 Å². The van der Waals surface area contributed by atoms with Gasteiger partial charge in [0.25, 0.3) is 0 Å². The van der Waals surface area contributed by atoms with Crippen molar-refractivity contribution in [3.05, 3.63) is 24.3 Å². The van der Waals surface area contributed by atoms with Crippen LogP contribution in [-0.4, -0.2) is 0 Å². The third-order valence-corrected chi connectivity index (χ3v) is 13.7. The standard InChI is InChI=1S/C27H46.C20H36.C2H6.6CH4/c1-5-8-15-23(7-3)20-27(25-18-12-13-19-25)21-26(14-6-2)22(4)24-16-10-9-11-17-24;1-3-19(17(2)20-15-10-16-20)14-7-5-4-6-11-18-12-8-9-13-18;1-2;;;;;;/h6,14,22-27H,5,7,9-13,16-21H2,1-4H3;18-20H,2-16H2,1H3;1-2H3;6*1H4. The van der Waals surface area contributed by atoms with Gasteiger partial charge in [0.2, 0.25) is 0 Å². The second-order valence-corrected chi connectivity index (χ2v) is 17.0. The first-order chi connectivity index (χ1) is 24.0. The van der Waals surface area contributed by atoms with Gasteiger partial charge >= 0.3 is 0 Å². The third kappa shape index (κ3) is 24.5. The molecule has 0 bridgehead atoms. The lowest BCUT2D eigenvalue weighted by Crippen LogP contribution is -2.26. The highest BCUT2D eigenvalue weighted by atomic mass is 14.4. The van der Waals surface area contributed by atoms with Crippen molar-refractivity contribution in [2.24, 2.45) is 53.3 Å². The Morgan fingerprint density at radius 1 is 0.655 bits per heavy atom. The van der Waals surface area contributed by atoms with E-state index < -0.39 is 0 Å². The number of allylic oxidation sites excluding steroid dienone is 3. The Bertz CT molecular complexity index is 875. The van der Waals surface area contributed by atoms with Gasteiger partial charge in [-0.15, -0.1) is 5.92 Å². The maximum absolute atomic E-state index is 4.42. The zero-order valence-electron chi connectivity index (χ0n) is 34.6. The van der Waals surface area contributed by atoms with Crippen molar-refractivity contribution >= 4 is 0 Å². The summed E-state index contributed by atoms with van der Waals surface area (Å²) >= 11 is 0. The van der Waals surface area contributed by atoms with Gasteiger partial charge in [0.1, 0.15) is 0 Å². The number of unbranched alkanes of at least 4 members (excludes halogenated alkanes) is 3. The third-order valence-electron chi connectivity index (χ3n) is 13.7. The first kappa shape index (κ1) is 63.2. The lowest BCUT2D eigenvalue weighted by Gasteiger charge is -2.36. The second-order valence-electron chi connectivity index (χ2n) is 17.0. The van der Waals surface area contributed by atoms with Crippen LogP contribution in [0.25, 0.3) is 0 Å². The van der Waals surface area contributed by atoms with Crippen molar-refractivity contribution < 1.29 is 0 Å². The van der Waals surface area contributed by atoms with Crippen molar-refractivity contribution in [3.63, 3.8) is 0 Å². The van der Waals surface area contributed by atoms with E-state index in [1.807, 2.05) is 13.8 Å². The molecule has 0 spiro atoms. The SMILES string of the molecule is C.C.C.C.C.C.C=C(C(CC)CCCCCCC1CCCC1)C1CCC1.CC.CC=CC(CC(CC(C#CCC)CC)C1CCCC1)C(C)C1CCCCC1. The van der Waals surface area contributed by atoms with Gasteiger partial charge in [-0.2, -0.15) is 0 Å². The molecule has 0 saturated heterocycles. The molecule has 4 rings (SSSR count). The van der Waals surface area contributed by atoms with Crippen molar-refractivity contribution in [2.45, 2.75) is 266 Å². The summed E-state index contributed by atoms with van der Waals surface area (Å²) in [5.41, 5.74) is 1.60. The van der Waals surface area contributed by atoms with Crippen LogP contribution in [0.3, 0.4) is 0 Å². The fraction of sp³-hybridized carbons (Fsp3) is 0.891. The van der Waals surface area contributed by atoms with Gasteiger partial charge in [0.15, 0.2) is 0 Å². The largest absolute Gasteiger partial charge is 0.103 e. The molecular formula is C55H112. The molecule has 0 heteroatoms. The molecule has 0 aromatic heterocycles. The van der Waals surface area contributed by atoms with Gasteiger partial charge in [-0.05, 0) is 99.2 Å². The van der Waals surface area contributed by atoms with Crippen molar-refractivity contribution in [1.29, 1.82) is 0 Å². The minimum absolute atomic E-state index is 0. The molecule has 0 aromatic rings. The summed E-state index contributed by atoms with van der Waals surface area (Å²) in [5.74, 6) is 14.9. The zero-order chi connectivity index (χ0) is 35.7. The maximum Gasteiger partial charge on any atom is 0.0203 e. The van der Waals surface area contributed by atoms with E-state index in [-0.39, 0.29) is 44.6 Å². The smallest absolute Gasteiger partial charge is 0.0203 e. The highest BCUT2D eigenvalue weighted by molar-refractivity contribution is 5.08. The van der Waals surface area contributed by atoms with Gasteiger partial charge in [0, 0.05) is 12.3 Å². The fourth-order valence-corrected chi connectivity index (χ4v) is 10.2. The van der Waals surface area contributed by atoms with Gasteiger partial charge in [0.05, 0.1) is 0 Å². The summed E-state index contributed by atoms with van der Waals surface area (Å²) in [6.07, 6.45) is 43.6. The molecule has 0 amide bonds. The number of hydrogen-bond acceptors (Lipinski definition) is 0. The Kier molecular flexibility index (Phi) is 45.8. The topological polar surface area (TPSA) is 0 Å². The molecule has 4 aliphatic carbocycles. The first-order valence-corrected chi connectivity index (χ1v) is 22.8. The molecule has 4 saturated carbocycles. The Labute approximate surface area is 354 Å². The van der Waals surface area contributed by atoms with E-state index in [2.05, 4.69) is 65.2 Å². The molecule has 0 aliphatic heterocycles. The number of hydrogen-bond donors (Lipinski definition) is 0. The Balaban J connectivity index is -0.000000270. The molecule has 332 valence electrons. The van der Waals surface area contributed by atoms with E-state index in [0.717, 1.165) is 53.8 Å². The molecule has 4 aliphatic rings. The predicted octanol–water partition coefficient (Wildman–Crippen LogP) is 20.2. The zero-order valence-corrected chi connectivity index (χ0v) is 34.6. The van der Waals surface area contributed by atoms with E-state index in [1.54, 1.807) is 5.57 Å². The average molecular weight is 774 g/mol. The summed E-state index contributed by atoms with van der Waals surface area (Å²) in [7, 11) is 0. The minimum Gasteiger partial charge on any atom is -0.103 e. The quantitative estimate of drug-likeness (QED) is 0.0697. The van der Waals surface area contributed by atoms with Gasteiger partial charge in [-0.25, -0.2) is 0 Å². The summed E-state index contributed by atoms with van der Waals surface area (Å²) in [4.78, 5) is 0. The van der Waals surface area contributed by atoms with Crippen LogP contribution in [0.15, 0.2) is 24.3 Å². The van der Waals surface area contributed by atoms with Crippen molar-refractivity contribution in [3.8, 4) is 11.8 Å². The van der Waals surface area contributed by atoms with Crippen molar-refractivity contribution in [1.82, 2.24) is 0 Å². The Morgan fingerprint density at radius 2 is 1.20 bits per heavy atom. The Hall–Kier alpha value is -0.960. The number of rotatable bonds is 19. The molecule has 5 unspecified atom stereocenters. The second kappa shape index (κ2) is 39.8. The van der Waals surface area contributed by atoms with Crippen LogP contribution < -0.4 is 0 Å². The van der Waals surface area contributed by atoms with E-state index in [1.165, 1.54) is 167 Å². The average Bonchev–Trinajstić information content (AvgIpc) is 3.85. The summed E-state index contributed by atoms with van der Waals surface area (Å²) in [6, 6.07) is 0. The lowest BCUT2D eigenvalue weighted by atomic mass is 9.69. The van der Waals surface area contributed by atoms with Gasteiger partial charge < -0.3 is 0 Å². The summed E-state index contributed by atoms with van der Waals surface area (Å²) in [5, 5.41) is 0. The highest BCUT2D eigenvalue weighted by Crippen LogP contribution is 2.43. The molecule has 0 radical (unpaired) electrons. The van der Waals surface area contributed by atoms with Crippen LogP contribution in [0.5, 0.6) is 0 Å². The van der Waals surface area contributed by atoms with Crippen LogP contribution in [0, 0.1) is 65.1 Å². The lowest BCUT2D eigenvalue weighted by molar-refractivity contribution is 0.169. The Morgan fingerprint density at radius 3 is 1.71 bits per heavy atom. The molecule has 5 atom stereocenters. The van der Waals surface area contributed by atoms with Crippen LogP contribution in [0.1, 0.15) is 266 Å². The fourth-order valence-electron chi connectivity index (χ4n) is 10.2. The monoisotopic (exact) mass is 773 g/mol. The van der Waals surface area contributed by atoms with E-state index in [4.69, 9.17) is 0 Å². The molecule has 0 nitrogen and oxygen atoms in total. The van der Waals surface area contributed by atoms with Gasteiger partial charge in [-0.1, -0.05) is 238 Å². The van der Waals surface area contributed by atoms with E-state index >= 15 is 0 Å². The molecule has 0 heterocycles. The maximum atomic E-state index is 4.42. The molecular weight excluding hydrogens is 661 g/mol. The highest BCUT2D eigenvalue weighted by Gasteiger charge is 2.32. The molecule has 4 fully saturated rings. The van der Waals surface area contributed by atoms with Crippen LogP contribution in [0.2, 0.25) is 0 Å². The molecule has 55 heavy (non-hydrogen) atoms. The predicted molar refractivity (Wildman–Crippen MR) is 262 cm³/mol. The van der Waals surface area contributed by atoms with E-state index in [0.29, 0.717) is 5.92 Å². The van der Waals surface area contributed by atoms with Crippen LogP contribution in [-0.2, 0) is 0 Å². The normalized spacial score (nSPS) is 19.7. The summed E-state index contributed by atoms with van der Waals surface area (Å²) in [6.45, 7) is 20.1.